The van der Waals surface area contributed by atoms with Crippen LogP contribution in [0.4, 0.5) is 10.8 Å². The molecule has 4 aromatic rings. The molecule has 1 amide bonds. The van der Waals surface area contributed by atoms with Gasteiger partial charge in [0.1, 0.15) is 0 Å². The Morgan fingerprint density at radius 1 is 1.31 bits per heavy atom. The van der Waals surface area contributed by atoms with E-state index in [0.717, 1.165) is 27.5 Å². The monoisotopic (exact) mass is 442 g/mol. The molecule has 0 atom stereocenters. The van der Waals surface area contributed by atoms with Gasteiger partial charge in [-0.3, -0.25) is 14.1 Å². The number of rotatable bonds is 5. The second-order valence-corrected chi connectivity index (χ2v) is 8.90. The van der Waals surface area contributed by atoms with Crippen molar-refractivity contribution in [2.24, 2.45) is 0 Å². The molecule has 0 saturated heterocycles. The van der Waals surface area contributed by atoms with Crippen molar-refractivity contribution in [3.8, 4) is 0 Å². The van der Waals surface area contributed by atoms with E-state index in [4.69, 9.17) is 16.6 Å². The standard InChI is InChI=1S/C21H19ClN4OS2/c1-13-8-14(2)19(18(22)9-13)26(15(3)27)21-24-16(12-29-21)11-28-20-23-10-17-6-4-5-7-25(17)20/h4-10,12H,11H2,1-3H3. The minimum absolute atomic E-state index is 0.119. The van der Waals surface area contributed by atoms with Gasteiger partial charge < -0.3 is 0 Å². The fourth-order valence-corrected chi connectivity index (χ4v) is 5.45. The highest BCUT2D eigenvalue weighted by atomic mass is 35.5. The van der Waals surface area contributed by atoms with E-state index in [2.05, 4.69) is 9.38 Å². The van der Waals surface area contributed by atoms with E-state index in [1.165, 1.54) is 18.3 Å². The molecule has 3 aromatic heterocycles. The molecule has 5 nitrogen and oxygen atoms in total. The molecule has 0 radical (unpaired) electrons. The van der Waals surface area contributed by atoms with E-state index >= 15 is 0 Å². The van der Waals surface area contributed by atoms with Gasteiger partial charge in [-0.25, -0.2) is 9.97 Å². The Hall–Kier alpha value is -2.35. The third-order valence-electron chi connectivity index (χ3n) is 4.42. The van der Waals surface area contributed by atoms with Gasteiger partial charge in [-0.05, 0) is 43.2 Å². The maximum absolute atomic E-state index is 12.4. The Labute approximate surface area is 182 Å². The number of pyridine rings is 1. The number of thioether (sulfide) groups is 1. The highest BCUT2D eigenvalue weighted by Gasteiger charge is 2.22. The molecule has 148 valence electrons. The Morgan fingerprint density at radius 3 is 2.90 bits per heavy atom. The second kappa shape index (κ2) is 8.18. The predicted molar refractivity (Wildman–Crippen MR) is 121 cm³/mol. The highest BCUT2D eigenvalue weighted by molar-refractivity contribution is 7.98. The first-order valence-corrected chi connectivity index (χ1v) is 11.2. The van der Waals surface area contributed by atoms with Crippen LogP contribution < -0.4 is 4.90 Å². The molecule has 0 unspecified atom stereocenters. The van der Waals surface area contributed by atoms with E-state index in [-0.39, 0.29) is 5.91 Å². The van der Waals surface area contributed by atoms with E-state index in [9.17, 15) is 4.79 Å². The maximum Gasteiger partial charge on any atom is 0.230 e. The third kappa shape index (κ3) is 4.03. The number of hydrogen-bond acceptors (Lipinski definition) is 5. The van der Waals surface area contributed by atoms with Crippen LogP contribution in [0, 0.1) is 13.8 Å². The number of carbonyl (C=O) groups excluding carboxylic acids is 1. The molecule has 0 aliphatic carbocycles. The maximum atomic E-state index is 12.4. The van der Waals surface area contributed by atoms with Gasteiger partial charge in [0.05, 0.1) is 28.1 Å². The fourth-order valence-electron chi connectivity index (χ4n) is 3.21. The summed E-state index contributed by atoms with van der Waals surface area (Å²) in [6, 6.07) is 9.89. The zero-order valence-electron chi connectivity index (χ0n) is 16.2. The fraction of sp³-hybridized carbons (Fsp3) is 0.190. The number of carbonyl (C=O) groups is 1. The molecule has 0 spiro atoms. The SMILES string of the molecule is CC(=O)N(c1nc(CSc2ncc3ccccn23)cs1)c1c(C)cc(C)cc1Cl. The van der Waals surface area contributed by atoms with E-state index in [1.807, 2.05) is 62.0 Å². The molecule has 0 saturated carbocycles. The van der Waals surface area contributed by atoms with Gasteiger partial charge in [0.15, 0.2) is 10.3 Å². The Morgan fingerprint density at radius 2 is 2.14 bits per heavy atom. The third-order valence-corrected chi connectivity index (χ3v) is 6.58. The minimum atomic E-state index is -0.119. The van der Waals surface area contributed by atoms with Gasteiger partial charge in [0.25, 0.3) is 0 Å². The van der Waals surface area contributed by atoms with Crippen LogP contribution in [0.3, 0.4) is 0 Å². The molecule has 0 aliphatic rings. The number of nitrogens with zero attached hydrogens (tertiary/aromatic N) is 4. The normalized spacial score (nSPS) is 11.2. The largest absolute Gasteiger partial charge is 0.295 e. The summed E-state index contributed by atoms with van der Waals surface area (Å²) >= 11 is 9.53. The number of benzene rings is 1. The van der Waals surface area contributed by atoms with Gasteiger partial charge in [0, 0.05) is 24.3 Å². The van der Waals surface area contributed by atoms with Crippen molar-refractivity contribution in [2.75, 3.05) is 4.90 Å². The molecule has 0 N–H and O–H groups in total. The van der Waals surface area contributed by atoms with Crippen LogP contribution in [0.1, 0.15) is 23.7 Å². The average Bonchev–Trinajstić information content (AvgIpc) is 3.29. The quantitative estimate of drug-likeness (QED) is 0.353. The summed E-state index contributed by atoms with van der Waals surface area (Å²) < 4.78 is 2.05. The molecule has 4 rings (SSSR count). The molecule has 0 bridgehead atoms. The molecule has 3 heterocycles. The van der Waals surface area contributed by atoms with Crippen molar-refractivity contribution in [1.82, 2.24) is 14.4 Å². The topological polar surface area (TPSA) is 50.5 Å². The first-order valence-electron chi connectivity index (χ1n) is 9.01. The Balaban J connectivity index is 1.59. The first kappa shape index (κ1) is 19.9. The number of halogens is 1. The summed E-state index contributed by atoms with van der Waals surface area (Å²) in [5.41, 5.74) is 4.65. The molecule has 0 aliphatic heterocycles. The lowest BCUT2D eigenvalue weighted by Gasteiger charge is -2.22. The molecular weight excluding hydrogens is 424 g/mol. The van der Waals surface area contributed by atoms with Gasteiger partial charge in [0.2, 0.25) is 5.91 Å². The molecule has 8 heteroatoms. The zero-order chi connectivity index (χ0) is 20.5. The first-order chi connectivity index (χ1) is 13.9. The number of imidazole rings is 1. The van der Waals surface area contributed by atoms with Crippen molar-refractivity contribution < 1.29 is 4.79 Å². The Bertz CT molecular complexity index is 1180. The van der Waals surface area contributed by atoms with E-state index in [1.54, 1.807) is 16.7 Å². The number of amides is 1. The van der Waals surface area contributed by atoms with Crippen molar-refractivity contribution >= 4 is 56.9 Å². The summed E-state index contributed by atoms with van der Waals surface area (Å²) in [5.74, 6) is 0.545. The van der Waals surface area contributed by atoms with Crippen LogP contribution in [0.25, 0.3) is 5.52 Å². The van der Waals surface area contributed by atoms with Gasteiger partial charge >= 0.3 is 0 Å². The second-order valence-electron chi connectivity index (χ2n) is 6.71. The number of fused-ring (bicyclic) bond motifs is 1. The highest BCUT2D eigenvalue weighted by Crippen LogP contribution is 2.38. The molecule has 29 heavy (non-hydrogen) atoms. The van der Waals surface area contributed by atoms with E-state index < -0.39 is 0 Å². The van der Waals surface area contributed by atoms with Gasteiger partial charge in [-0.15, -0.1) is 11.3 Å². The van der Waals surface area contributed by atoms with Crippen LogP contribution in [0.2, 0.25) is 5.02 Å². The van der Waals surface area contributed by atoms with Crippen molar-refractivity contribution in [3.63, 3.8) is 0 Å². The number of anilines is 2. The minimum Gasteiger partial charge on any atom is -0.295 e. The summed E-state index contributed by atoms with van der Waals surface area (Å²) in [4.78, 5) is 23.2. The summed E-state index contributed by atoms with van der Waals surface area (Å²) in [7, 11) is 0. The van der Waals surface area contributed by atoms with Crippen LogP contribution in [-0.4, -0.2) is 20.3 Å². The zero-order valence-corrected chi connectivity index (χ0v) is 18.6. The number of aromatic nitrogens is 3. The van der Waals surface area contributed by atoms with Gasteiger partial charge in [-0.1, -0.05) is 35.5 Å². The van der Waals surface area contributed by atoms with Crippen molar-refractivity contribution in [3.05, 3.63) is 69.9 Å². The van der Waals surface area contributed by atoms with Crippen LogP contribution in [0.15, 0.2) is 53.3 Å². The number of hydrogen-bond donors (Lipinski definition) is 0. The lowest BCUT2D eigenvalue weighted by Crippen LogP contribution is -2.24. The molecule has 1 aromatic carbocycles. The lowest BCUT2D eigenvalue weighted by atomic mass is 10.1. The van der Waals surface area contributed by atoms with Crippen LogP contribution >= 0.6 is 34.7 Å². The summed E-state index contributed by atoms with van der Waals surface area (Å²) in [6.07, 6.45) is 3.85. The summed E-state index contributed by atoms with van der Waals surface area (Å²) in [5, 5.41) is 4.06. The summed E-state index contributed by atoms with van der Waals surface area (Å²) in [6.45, 7) is 5.47. The van der Waals surface area contributed by atoms with Crippen molar-refractivity contribution in [1.29, 1.82) is 0 Å². The molecule has 0 fully saturated rings. The predicted octanol–water partition coefficient (Wildman–Crippen LogP) is 6.04. The van der Waals surface area contributed by atoms with Gasteiger partial charge in [-0.2, -0.15) is 0 Å². The van der Waals surface area contributed by atoms with E-state index in [0.29, 0.717) is 21.6 Å². The lowest BCUT2D eigenvalue weighted by molar-refractivity contribution is -0.115. The average molecular weight is 443 g/mol. The Kier molecular flexibility index (Phi) is 5.63. The van der Waals surface area contributed by atoms with Crippen LogP contribution in [0.5, 0.6) is 0 Å². The molecular formula is C21H19ClN4OS2. The number of aryl methyl sites for hydroxylation is 2. The smallest absolute Gasteiger partial charge is 0.230 e. The number of thiazole rings is 1. The van der Waals surface area contributed by atoms with Crippen LogP contribution in [-0.2, 0) is 10.5 Å². The van der Waals surface area contributed by atoms with Crippen molar-refractivity contribution in [2.45, 2.75) is 31.7 Å².